The van der Waals surface area contributed by atoms with Gasteiger partial charge in [-0.15, -0.1) is 0 Å². The molecular formula is C4H7NOS. The van der Waals surface area contributed by atoms with Crippen LogP contribution < -0.4 is 0 Å². The molecule has 0 fully saturated rings. The molecule has 0 saturated heterocycles. The van der Waals surface area contributed by atoms with E-state index in [0.717, 1.165) is 18.1 Å². The predicted octanol–water partition coefficient (Wildman–Crippen LogP) is 1.08. The fraction of sp³-hybridized carbons (Fsp3) is 0.750. The molecule has 0 aliphatic carbocycles. The summed E-state index contributed by atoms with van der Waals surface area (Å²) in [6, 6.07) is 0. The van der Waals surface area contributed by atoms with Crippen LogP contribution in [0.15, 0.2) is 4.40 Å². The van der Waals surface area contributed by atoms with Crippen LogP contribution in [0.3, 0.4) is 0 Å². The van der Waals surface area contributed by atoms with Crippen molar-refractivity contribution in [3.8, 4) is 0 Å². The van der Waals surface area contributed by atoms with E-state index < -0.39 is 0 Å². The highest BCUT2D eigenvalue weighted by atomic mass is 32.2. The van der Waals surface area contributed by atoms with Gasteiger partial charge in [0.15, 0.2) is 5.90 Å². The van der Waals surface area contributed by atoms with Gasteiger partial charge in [-0.2, -0.15) is 4.40 Å². The third kappa shape index (κ3) is 1.09. The number of methoxy groups -OCH3 is 1. The third-order valence-corrected chi connectivity index (χ3v) is 1.53. The lowest BCUT2D eigenvalue weighted by atomic mass is 10.5. The summed E-state index contributed by atoms with van der Waals surface area (Å²) < 4.78 is 8.81. The lowest BCUT2D eigenvalue weighted by Crippen LogP contribution is -1.94. The first-order valence-electron chi connectivity index (χ1n) is 2.16. The number of ether oxygens (including phenoxy) is 1. The molecule has 0 bridgehead atoms. The first kappa shape index (κ1) is 4.97. The second-order valence-corrected chi connectivity index (χ2v) is 2.12. The van der Waals surface area contributed by atoms with Crippen LogP contribution >= 0.6 is 11.9 Å². The van der Waals surface area contributed by atoms with E-state index in [4.69, 9.17) is 4.74 Å². The van der Waals surface area contributed by atoms with Gasteiger partial charge in [-0.05, 0) is 11.9 Å². The van der Waals surface area contributed by atoms with E-state index in [1.54, 1.807) is 19.1 Å². The topological polar surface area (TPSA) is 21.6 Å². The van der Waals surface area contributed by atoms with Gasteiger partial charge in [0.2, 0.25) is 0 Å². The molecule has 0 atom stereocenters. The van der Waals surface area contributed by atoms with Crippen LogP contribution in [0.1, 0.15) is 6.42 Å². The molecule has 0 radical (unpaired) electrons. The Balaban J connectivity index is 2.36. The quantitative estimate of drug-likeness (QED) is 0.443. The number of hydrogen-bond acceptors (Lipinski definition) is 3. The Hall–Kier alpha value is -0.180. The van der Waals surface area contributed by atoms with Crippen molar-refractivity contribution in [2.45, 2.75) is 6.42 Å². The smallest absolute Gasteiger partial charge is 0.195 e. The maximum atomic E-state index is 4.84. The van der Waals surface area contributed by atoms with Crippen molar-refractivity contribution in [2.24, 2.45) is 4.40 Å². The molecule has 3 heteroatoms. The average Bonchev–Trinajstić information content (AvgIpc) is 2.14. The Kier molecular flexibility index (Phi) is 1.57. The van der Waals surface area contributed by atoms with E-state index in [1.807, 2.05) is 0 Å². The summed E-state index contributed by atoms with van der Waals surface area (Å²) in [6.07, 6.45) is 1.00. The molecular weight excluding hydrogens is 110 g/mol. The van der Waals surface area contributed by atoms with Crippen molar-refractivity contribution in [2.75, 3.05) is 12.9 Å². The van der Waals surface area contributed by atoms with Crippen molar-refractivity contribution in [3.63, 3.8) is 0 Å². The zero-order chi connectivity index (χ0) is 5.11. The zero-order valence-electron chi connectivity index (χ0n) is 4.18. The van der Waals surface area contributed by atoms with Crippen molar-refractivity contribution < 1.29 is 4.74 Å². The van der Waals surface area contributed by atoms with E-state index >= 15 is 0 Å². The fourth-order valence-corrected chi connectivity index (χ4v) is 1.10. The molecule has 1 aliphatic heterocycles. The standard InChI is InChI=1S/C4H7NOS/c1-6-4-2-3-7-5-4/h2-3H2,1H3. The molecule has 0 N–H and O–H groups in total. The Morgan fingerprint density at radius 1 is 1.86 bits per heavy atom. The third-order valence-electron chi connectivity index (χ3n) is 0.809. The second kappa shape index (κ2) is 2.21. The predicted molar refractivity (Wildman–Crippen MR) is 31.5 cm³/mol. The molecule has 0 aromatic carbocycles. The highest BCUT2D eigenvalue weighted by Crippen LogP contribution is 2.14. The monoisotopic (exact) mass is 117 g/mol. The van der Waals surface area contributed by atoms with Gasteiger partial charge in [-0.25, -0.2) is 0 Å². The van der Waals surface area contributed by atoms with Crippen LogP contribution in [0, 0.1) is 0 Å². The minimum atomic E-state index is 0.880. The molecule has 0 aromatic heterocycles. The van der Waals surface area contributed by atoms with Crippen molar-refractivity contribution >= 4 is 17.8 Å². The summed E-state index contributed by atoms with van der Waals surface area (Å²) in [7, 11) is 1.66. The van der Waals surface area contributed by atoms with E-state index in [2.05, 4.69) is 4.40 Å². The van der Waals surface area contributed by atoms with E-state index in [1.165, 1.54) is 0 Å². The van der Waals surface area contributed by atoms with Crippen LogP contribution in [0.2, 0.25) is 0 Å². The summed E-state index contributed by atoms with van der Waals surface area (Å²) in [5.74, 6) is 1.97. The minimum Gasteiger partial charge on any atom is -0.484 e. The fourth-order valence-electron chi connectivity index (χ4n) is 0.436. The second-order valence-electron chi connectivity index (χ2n) is 1.27. The molecule has 2 nitrogen and oxygen atoms in total. The van der Waals surface area contributed by atoms with Crippen molar-refractivity contribution in [1.82, 2.24) is 0 Å². The molecule has 0 saturated carbocycles. The maximum Gasteiger partial charge on any atom is 0.195 e. The number of hydrogen-bond donors (Lipinski definition) is 0. The first-order valence-corrected chi connectivity index (χ1v) is 3.10. The molecule has 40 valence electrons. The minimum absolute atomic E-state index is 0.880. The summed E-state index contributed by atoms with van der Waals surface area (Å²) in [6.45, 7) is 0. The summed E-state index contributed by atoms with van der Waals surface area (Å²) >= 11 is 1.57. The van der Waals surface area contributed by atoms with E-state index in [9.17, 15) is 0 Å². The van der Waals surface area contributed by atoms with Gasteiger partial charge in [0.1, 0.15) is 0 Å². The van der Waals surface area contributed by atoms with Crippen LogP contribution in [0.25, 0.3) is 0 Å². The summed E-state index contributed by atoms with van der Waals surface area (Å²) in [4.78, 5) is 0. The van der Waals surface area contributed by atoms with Crippen LogP contribution in [-0.2, 0) is 4.74 Å². The normalized spacial score (nSPS) is 19.3. The van der Waals surface area contributed by atoms with E-state index in [-0.39, 0.29) is 0 Å². The zero-order valence-corrected chi connectivity index (χ0v) is 4.99. The lowest BCUT2D eigenvalue weighted by Gasteiger charge is -1.90. The Bertz CT molecular complexity index is 91.7. The van der Waals surface area contributed by atoms with Crippen LogP contribution in [-0.4, -0.2) is 18.8 Å². The molecule has 0 spiro atoms. The molecule has 1 rings (SSSR count). The Morgan fingerprint density at radius 3 is 3.00 bits per heavy atom. The van der Waals surface area contributed by atoms with Gasteiger partial charge in [-0.1, -0.05) is 0 Å². The molecule has 0 unspecified atom stereocenters. The number of nitrogens with zero attached hydrogens (tertiary/aromatic N) is 1. The molecule has 1 heterocycles. The average molecular weight is 117 g/mol. The summed E-state index contributed by atoms with van der Waals surface area (Å²) in [5.41, 5.74) is 0. The molecule has 7 heavy (non-hydrogen) atoms. The van der Waals surface area contributed by atoms with Gasteiger partial charge in [0.05, 0.1) is 7.11 Å². The SMILES string of the molecule is COC1=NSCC1. The molecule has 0 amide bonds. The van der Waals surface area contributed by atoms with Gasteiger partial charge >= 0.3 is 0 Å². The van der Waals surface area contributed by atoms with Gasteiger partial charge in [-0.3, -0.25) is 0 Å². The van der Waals surface area contributed by atoms with Gasteiger partial charge in [0.25, 0.3) is 0 Å². The molecule has 1 aliphatic rings. The summed E-state index contributed by atoms with van der Waals surface area (Å²) in [5, 5.41) is 0. The first-order chi connectivity index (χ1) is 3.43. The van der Waals surface area contributed by atoms with E-state index in [0.29, 0.717) is 0 Å². The van der Waals surface area contributed by atoms with Crippen molar-refractivity contribution in [1.29, 1.82) is 0 Å². The maximum absolute atomic E-state index is 4.84. The highest BCUT2D eigenvalue weighted by molar-refractivity contribution is 7.98. The van der Waals surface area contributed by atoms with Gasteiger partial charge < -0.3 is 4.74 Å². The largest absolute Gasteiger partial charge is 0.484 e. The van der Waals surface area contributed by atoms with Crippen LogP contribution in [0.4, 0.5) is 0 Å². The Labute approximate surface area is 47.1 Å². The lowest BCUT2D eigenvalue weighted by molar-refractivity contribution is 0.396. The van der Waals surface area contributed by atoms with Gasteiger partial charge in [0, 0.05) is 12.2 Å². The highest BCUT2D eigenvalue weighted by Gasteiger charge is 2.04. The Morgan fingerprint density at radius 2 is 2.71 bits per heavy atom. The molecule has 0 aromatic rings. The van der Waals surface area contributed by atoms with Crippen molar-refractivity contribution in [3.05, 3.63) is 0 Å². The van der Waals surface area contributed by atoms with Crippen LogP contribution in [0.5, 0.6) is 0 Å². The number of rotatable bonds is 0.